The molecule has 0 saturated carbocycles. The van der Waals surface area contributed by atoms with Gasteiger partial charge in [0.25, 0.3) is 0 Å². The average Bonchev–Trinajstić information content (AvgIpc) is 2.94. The van der Waals surface area contributed by atoms with E-state index in [2.05, 4.69) is 38.2 Å². The molecule has 4 heteroatoms. The summed E-state index contributed by atoms with van der Waals surface area (Å²) in [6, 6.07) is 8.20. The van der Waals surface area contributed by atoms with Crippen molar-refractivity contribution in [1.29, 1.82) is 0 Å². The molecule has 1 aliphatic rings. The molecule has 1 aliphatic heterocycles. The van der Waals surface area contributed by atoms with Crippen molar-refractivity contribution >= 4 is 6.03 Å². The van der Waals surface area contributed by atoms with E-state index in [1.54, 1.807) is 0 Å². The number of hydrogen-bond donors (Lipinski definition) is 2. The Morgan fingerprint density at radius 1 is 1.43 bits per heavy atom. The van der Waals surface area contributed by atoms with Gasteiger partial charge in [-0.1, -0.05) is 38.1 Å². The van der Waals surface area contributed by atoms with Crippen LogP contribution in [-0.4, -0.2) is 35.7 Å². The maximum atomic E-state index is 12.4. The molecule has 1 fully saturated rings. The minimum absolute atomic E-state index is 0.0203. The molecule has 1 saturated heterocycles. The maximum Gasteiger partial charge on any atom is 0.317 e. The second-order valence-corrected chi connectivity index (χ2v) is 6.31. The first kappa shape index (κ1) is 15.8. The van der Waals surface area contributed by atoms with E-state index < -0.39 is 0 Å². The van der Waals surface area contributed by atoms with Crippen molar-refractivity contribution in [2.24, 2.45) is 11.8 Å². The molecule has 2 rings (SSSR count). The fourth-order valence-corrected chi connectivity index (χ4v) is 2.93. The quantitative estimate of drug-likeness (QED) is 0.896. The zero-order valence-corrected chi connectivity index (χ0v) is 13.2. The molecule has 2 unspecified atom stereocenters. The molecule has 0 bridgehead atoms. The highest BCUT2D eigenvalue weighted by molar-refractivity contribution is 5.75. The van der Waals surface area contributed by atoms with Crippen LogP contribution >= 0.6 is 0 Å². The van der Waals surface area contributed by atoms with Gasteiger partial charge >= 0.3 is 6.03 Å². The molecule has 2 amide bonds. The Morgan fingerprint density at radius 2 is 2.14 bits per heavy atom. The summed E-state index contributed by atoms with van der Waals surface area (Å²) in [5, 5.41) is 12.4. The van der Waals surface area contributed by atoms with Crippen molar-refractivity contribution in [3.8, 4) is 0 Å². The lowest BCUT2D eigenvalue weighted by molar-refractivity contribution is 0.192. The van der Waals surface area contributed by atoms with Crippen LogP contribution in [0.2, 0.25) is 0 Å². The largest absolute Gasteiger partial charge is 0.396 e. The van der Waals surface area contributed by atoms with Gasteiger partial charge in [0.15, 0.2) is 0 Å². The zero-order valence-electron chi connectivity index (χ0n) is 13.2. The first-order valence-electron chi connectivity index (χ1n) is 7.74. The Kier molecular flexibility index (Phi) is 5.23. The Balaban J connectivity index is 2.07. The summed E-state index contributed by atoms with van der Waals surface area (Å²) in [5.41, 5.74) is 2.38. The summed E-state index contributed by atoms with van der Waals surface area (Å²) in [6.07, 6.45) is 0.890. The van der Waals surface area contributed by atoms with E-state index in [9.17, 15) is 9.90 Å². The zero-order chi connectivity index (χ0) is 15.4. The molecular formula is C17H26N2O2. The fourth-order valence-electron chi connectivity index (χ4n) is 2.93. The van der Waals surface area contributed by atoms with Crippen molar-refractivity contribution in [1.82, 2.24) is 10.2 Å². The van der Waals surface area contributed by atoms with Crippen LogP contribution < -0.4 is 5.32 Å². The van der Waals surface area contributed by atoms with E-state index in [0.29, 0.717) is 12.5 Å². The number of hydrogen-bond acceptors (Lipinski definition) is 2. The number of rotatable bonds is 4. The van der Waals surface area contributed by atoms with Crippen LogP contribution in [0.1, 0.15) is 37.4 Å². The van der Waals surface area contributed by atoms with Crippen molar-refractivity contribution in [3.63, 3.8) is 0 Å². The van der Waals surface area contributed by atoms with Gasteiger partial charge in [-0.2, -0.15) is 0 Å². The monoisotopic (exact) mass is 290 g/mol. The number of aryl methyl sites for hydroxylation is 1. The maximum absolute atomic E-state index is 12.4. The third-order valence-corrected chi connectivity index (χ3v) is 4.30. The molecular weight excluding hydrogens is 264 g/mol. The van der Waals surface area contributed by atoms with Gasteiger partial charge in [0.1, 0.15) is 0 Å². The van der Waals surface area contributed by atoms with Crippen LogP contribution in [0.15, 0.2) is 24.3 Å². The lowest BCUT2D eigenvalue weighted by Crippen LogP contribution is -2.42. The molecule has 2 atom stereocenters. The normalized spacial score (nSPS) is 19.9. The van der Waals surface area contributed by atoms with E-state index in [4.69, 9.17) is 0 Å². The summed E-state index contributed by atoms with van der Waals surface area (Å²) in [6.45, 7) is 7.87. The standard InChI is InChI=1S/C17H26N2O2/c1-12(2)16(15-7-5-4-6-13(15)3)18-17(21)19-9-8-14(10-19)11-20/h4-7,12,14,16,20H,8-11H2,1-3H3,(H,18,21). The van der Waals surface area contributed by atoms with E-state index in [0.717, 1.165) is 13.0 Å². The predicted octanol–water partition coefficient (Wildman–Crippen LogP) is 2.72. The second kappa shape index (κ2) is 6.94. The first-order valence-corrected chi connectivity index (χ1v) is 7.74. The lowest BCUT2D eigenvalue weighted by Gasteiger charge is -2.27. The number of carbonyl (C=O) groups is 1. The van der Waals surface area contributed by atoms with Gasteiger partial charge in [0.2, 0.25) is 0 Å². The number of benzene rings is 1. The van der Waals surface area contributed by atoms with Crippen LogP contribution in [0, 0.1) is 18.8 Å². The smallest absolute Gasteiger partial charge is 0.317 e. The van der Waals surface area contributed by atoms with E-state index in [1.807, 2.05) is 17.0 Å². The van der Waals surface area contributed by atoms with Crippen LogP contribution in [0.25, 0.3) is 0 Å². The van der Waals surface area contributed by atoms with Crippen molar-refractivity contribution in [2.75, 3.05) is 19.7 Å². The summed E-state index contributed by atoms with van der Waals surface area (Å²) in [5.74, 6) is 0.554. The number of aliphatic hydroxyl groups excluding tert-OH is 1. The highest BCUT2D eigenvalue weighted by atomic mass is 16.3. The Morgan fingerprint density at radius 3 is 2.71 bits per heavy atom. The highest BCUT2D eigenvalue weighted by Gasteiger charge is 2.28. The summed E-state index contributed by atoms with van der Waals surface area (Å²) in [4.78, 5) is 14.3. The summed E-state index contributed by atoms with van der Waals surface area (Å²) >= 11 is 0. The number of aliphatic hydroxyl groups is 1. The number of likely N-dealkylation sites (tertiary alicyclic amines) is 1. The topological polar surface area (TPSA) is 52.6 Å². The van der Waals surface area contributed by atoms with Gasteiger partial charge in [0, 0.05) is 25.6 Å². The molecule has 1 aromatic rings. The molecule has 1 heterocycles. The van der Waals surface area contributed by atoms with Crippen molar-refractivity contribution in [2.45, 2.75) is 33.2 Å². The first-order chi connectivity index (χ1) is 10.0. The highest BCUT2D eigenvalue weighted by Crippen LogP contribution is 2.25. The van der Waals surface area contributed by atoms with Crippen molar-refractivity contribution < 1.29 is 9.90 Å². The molecule has 0 spiro atoms. The van der Waals surface area contributed by atoms with E-state index in [-0.39, 0.29) is 24.6 Å². The fraction of sp³-hybridized carbons (Fsp3) is 0.588. The predicted molar refractivity (Wildman–Crippen MR) is 84.1 cm³/mol. The van der Waals surface area contributed by atoms with E-state index >= 15 is 0 Å². The molecule has 2 N–H and O–H groups in total. The van der Waals surface area contributed by atoms with E-state index in [1.165, 1.54) is 11.1 Å². The number of carbonyl (C=O) groups excluding carboxylic acids is 1. The summed E-state index contributed by atoms with van der Waals surface area (Å²) < 4.78 is 0. The van der Waals surface area contributed by atoms with Crippen LogP contribution in [0.3, 0.4) is 0 Å². The molecule has 0 radical (unpaired) electrons. The third-order valence-electron chi connectivity index (χ3n) is 4.30. The SMILES string of the molecule is Cc1ccccc1C(NC(=O)N1CCC(CO)C1)C(C)C. The molecule has 0 aromatic heterocycles. The van der Waals surface area contributed by atoms with Gasteiger partial charge in [-0.15, -0.1) is 0 Å². The van der Waals surface area contributed by atoms with Crippen LogP contribution in [0.5, 0.6) is 0 Å². The van der Waals surface area contributed by atoms with Crippen LogP contribution in [0.4, 0.5) is 4.79 Å². The van der Waals surface area contributed by atoms with Gasteiger partial charge in [-0.25, -0.2) is 4.79 Å². The van der Waals surface area contributed by atoms with Crippen LogP contribution in [-0.2, 0) is 0 Å². The Bertz CT molecular complexity index is 487. The number of nitrogens with one attached hydrogen (secondary N) is 1. The Hall–Kier alpha value is -1.55. The second-order valence-electron chi connectivity index (χ2n) is 6.31. The number of amides is 2. The van der Waals surface area contributed by atoms with Gasteiger partial charge in [0.05, 0.1) is 6.04 Å². The minimum atomic E-state index is -0.0205. The number of urea groups is 1. The van der Waals surface area contributed by atoms with Gasteiger partial charge in [-0.3, -0.25) is 0 Å². The van der Waals surface area contributed by atoms with Gasteiger partial charge < -0.3 is 15.3 Å². The van der Waals surface area contributed by atoms with Gasteiger partial charge in [-0.05, 0) is 30.4 Å². The lowest BCUT2D eigenvalue weighted by atomic mass is 9.93. The molecule has 116 valence electrons. The minimum Gasteiger partial charge on any atom is -0.396 e. The molecule has 1 aromatic carbocycles. The number of nitrogens with zero attached hydrogens (tertiary/aromatic N) is 1. The van der Waals surface area contributed by atoms with Crippen molar-refractivity contribution in [3.05, 3.63) is 35.4 Å². The third kappa shape index (κ3) is 3.76. The molecule has 4 nitrogen and oxygen atoms in total. The summed E-state index contributed by atoms with van der Waals surface area (Å²) in [7, 11) is 0. The molecule has 0 aliphatic carbocycles. The Labute approximate surface area is 127 Å². The molecule has 21 heavy (non-hydrogen) atoms. The average molecular weight is 290 g/mol.